The fraction of sp³-hybridized carbons (Fsp3) is 0.250. The predicted molar refractivity (Wildman–Crippen MR) is 191 cm³/mol. The summed E-state index contributed by atoms with van der Waals surface area (Å²) in [6.45, 7) is 6.84. The zero-order valence-electron chi connectivity index (χ0n) is 27.7. The van der Waals surface area contributed by atoms with E-state index >= 15 is 0 Å². The number of guanidine groups is 1. The molecule has 2 heterocycles. The van der Waals surface area contributed by atoms with Gasteiger partial charge >= 0.3 is 5.97 Å². The molecule has 48 heavy (non-hydrogen) atoms. The van der Waals surface area contributed by atoms with E-state index < -0.39 is 17.8 Å². The second-order valence-electron chi connectivity index (χ2n) is 11.8. The van der Waals surface area contributed by atoms with Crippen LogP contribution in [0.2, 0.25) is 0 Å². The number of aliphatic imine (C=N–C) groups is 1. The zero-order valence-corrected chi connectivity index (χ0v) is 27.7. The maximum absolute atomic E-state index is 14.3. The summed E-state index contributed by atoms with van der Waals surface area (Å²) in [7, 11) is 0. The summed E-state index contributed by atoms with van der Waals surface area (Å²) >= 11 is 0. The van der Waals surface area contributed by atoms with Gasteiger partial charge in [-0.25, -0.2) is 9.79 Å². The Hall–Kier alpha value is -5.50. The summed E-state index contributed by atoms with van der Waals surface area (Å²) in [6, 6.07) is 31.4. The van der Waals surface area contributed by atoms with Crippen molar-refractivity contribution in [3.8, 4) is 5.69 Å². The van der Waals surface area contributed by atoms with Crippen molar-refractivity contribution in [3.05, 3.63) is 114 Å². The summed E-state index contributed by atoms with van der Waals surface area (Å²) in [4.78, 5) is 49.4. The predicted octanol–water partition coefficient (Wildman–Crippen LogP) is 8.30. The number of hydrogen-bond donors (Lipinski definition) is 0. The minimum absolute atomic E-state index is 0.0889. The van der Waals surface area contributed by atoms with Gasteiger partial charge < -0.3 is 9.30 Å². The maximum Gasteiger partial charge on any atom is 0.340 e. The first-order valence-corrected chi connectivity index (χ1v) is 16.8. The molecule has 1 aliphatic rings. The maximum atomic E-state index is 14.3. The number of esters is 1. The number of para-hydroxylation sites is 3. The number of nitrogens with zero attached hydrogens (tertiary/aromatic N) is 4. The van der Waals surface area contributed by atoms with E-state index in [0.717, 1.165) is 58.7 Å². The number of ether oxygens (including phenoxy) is 1. The number of carbonyl (C=O) groups excluding carboxylic acids is 3. The fourth-order valence-electron chi connectivity index (χ4n) is 6.15. The highest BCUT2D eigenvalue weighted by Crippen LogP contribution is 2.34. The topological polar surface area (TPSA) is 84.2 Å². The van der Waals surface area contributed by atoms with Crippen LogP contribution in [0.15, 0.2) is 108 Å². The summed E-state index contributed by atoms with van der Waals surface area (Å²) in [5.41, 5.74) is 4.65. The van der Waals surface area contributed by atoms with Gasteiger partial charge in [0.2, 0.25) is 5.96 Å². The molecule has 244 valence electrons. The summed E-state index contributed by atoms with van der Waals surface area (Å²) in [5, 5.41) is 2.12. The quantitative estimate of drug-likeness (QED) is 0.0826. The molecule has 0 aliphatic carbocycles. The number of amides is 2. The Morgan fingerprint density at radius 2 is 1.35 bits per heavy atom. The molecule has 1 aromatic heterocycles. The zero-order chi connectivity index (χ0) is 33.6. The van der Waals surface area contributed by atoms with E-state index in [9.17, 15) is 14.4 Å². The first kappa shape index (κ1) is 32.4. The normalized spacial score (nSPS) is 13.5. The van der Waals surface area contributed by atoms with Crippen molar-refractivity contribution in [2.45, 2.75) is 46.5 Å². The van der Waals surface area contributed by atoms with Gasteiger partial charge in [0, 0.05) is 29.5 Å². The molecule has 6 rings (SSSR count). The van der Waals surface area contributed by atoms with E-state index in [4.69, 9.17) is 9.73 Å². The Bertz CT molecular complexity index is 2010. The third kappa shape index (κ3) is 6.26. The van der Waals surface area contributed by atoms with E-state index in [1.165, 1.54) is 0 Å². The van der Waals surface area contributed by atoms with Gasteiger partial charge in [-0.05, 0) is 73.9 Å². The van der Waals surface area contributed by atoms with E-state index in [2.05, 4.69) is 54.8 Å². The first-order valence-electron chi connectivity index (χ1n) is 16.8. The van der Waals surface area contributed by atoms with Gasteiger partial charge in [0.05, 0.1) is 28.9 Å². The number of rotatable bonds is 11. The molecular formula is C40H40N4O4. The van der Waals surface area contributed by atoms with Crippen LogP contribution in [0.4, 0.5) is 5.69 Å². The Kier molecular flexibility index (Phi) is 9.80. The highest BCUT2D eigenvalue weighted by Gasteiger charge is 2.40. The van der Waals surface area contributed by atoms with Crippen molar-refractivity contribution in [1.82, 2.24) is 14.4 Å². The number of aromatic nitrogens is 1. The molecule has 1 aliphatic heterocycles. The van der Waals surface area contributed by atoms with Crippen LogP contribution in [0.25, 0.3) is 33.6 Å². The summed E-state index contributed by atoms with van der Waals surface area (Å²) in [6.07, 6.45) is 4.84. The smallest absolute Gasteiger partial charge is 0.340 e. The number of hydrogen-bond acceptors (Lipinski definition) is 5. The van der Waals surface area contributed by atoms with Crippen molar-refractivity contribution < 1.29 is 19.1 Å². The number of unbranched alkanes of at least 4 members (excludes halogenated alkanes) is 2. The molecular weight excluding hydrogens is 600 g/mol. The van der Waals surface area contributed by atoms with Crippen LogP contribution < -0.4 is 0 Å². The van der Waals surface area contributed by atoms with Crippen molar-refractivity contribution in [2.24, 2.45) is 4.99 Å². The Balaban J connectivity index is 1.47. The lowest BCUT2D eigenvalue weighted by Gasteiger charge is -2.37. The van der Waals surface area contributed by atoms with Crippen LogP contribution in [-0.4, -0.2) is 57.8 Å². The molecule has 1 saturated heterocycles. The summed E-state index contributed by atoms with van der Waals surface area (Å²) in [5.74, 6) is -1.07. The molecule has 0 bridgehead atoms. The van der Waals surface area contributed by atoms with Crippen LogP contribution in [0, 0.1) is 0 Å². The lowest BCUT2D eigenvalue weighted by Crippen LogP contribution is -2.57. The average molecular weight is 641 g/mol. The van der Waals surface area contributed by atoms with Crippen molar-refractivity contribution >= 4 is 57.3 Å². The largest absolute Gasteiger partial charge is 0.462 e. The van der Waals surface area contributed by atoms with E-state index in [1.807, 2.05) is 36.4 Å². The molecule has 0 saturated carbocycles. The van der Waals surface area contributed by atoms with E-state index in [1.54, 1.807) is 47.1 Å². The van der Waals surface area contributed by atoms with Crippen molar-refractivity contribution in [1.29, 1.82) is 0 Å². The molecule has 0 atom stereocenters. The Morgan fingerprint density at radius 3 is 2.04 bits per heavy atom. The molecule has 8 nitrogen and oxygen atoms in total. The van der Waals surface area contributed by atoms with Crippen LogP contribution in [0.5, 0.6) is 0 Å². The molecule has 0 radical (unpaired) electrons. The number of fused-ring (bicyclic) bond motifs is 3. The molecule has 8 heteroatoms. The van der Waals surface area contributed by atoms with Gasteiger partial charge in [-0.2, -0.15) is 0 Å². The second-order valence-corrected chi connectivity index (χ2v) is 11.8. The molecule has 0 unspecified atom stereocenters. The standard InChI is InChI=1S/C40H40N4O4/c1-4-7-24-42-37(45)33(38(46)43(25-8-5-2)40(42)41-34-20-14-12-19-31(34)39(47)48-6-3)27-28-22-23-36-32(26-28)30-18-13-15-21-35(30)44(36)29-16-10-9-11-17-29/h9-23,26-27H,4-8,24-25H2,1-3H3. The van der Waals surface area contributed by atoms with Gasteiger partial charge in [0.15, 0.2) is 0 Å². The highest BCUT2D eigenvalue weighted by atomic mass is 16.5. The monoisotopic (exact) mass is 640 g/mol. The van der Waals surface area contributed by atoms with Crippen molar-refractivity contribution in [2.75, 3.05) is 19.7 Å². The highest BCUT2D eigenvalue weighted by molar-refractivity contribution is 6.32. The van der Waals surface area contributed by atoms with Crippen LogP contribution in [0.1, 0.15) is 62.4 Å². The van der Waals surface area contributed by atoms with Gasteiger partial charge in [0.1, 0.15) is 5.57 Å². The van der Waals surface area contributed by atoms with E-state index in [-0.39, 0.29) is 23.7 Å². The van der Waals surface area contributed by atoms with E-state index in [0.29, 0.717) is 18.8 Å². The molecule has 0 N–H and O–H groups in total. The lowest BCUT2D eigenvalue weighted by atomic mass is 10.0. The minimum Gasteiger partial charge on any atom is -0.462 e. The molecule has 4 aromatic carbocycles. The van der Waals surface area contributed by atoms with Gasteiger partial charge in [-0.1, -0.05) is 81.3 Å². The van der Waals surface area contributed by atoms with Crippen LogP contribution in [0.3, 0.4) is 0 Å². The molecule has 5 aromatic rings. The molecule has 0 spiro atoms. The number of benzene rings is 4. The van der Waals surface area contributed by atoms with Crippen molar-refractivity contribution in [3.63, 3.8) is 0 Å². The van der Waals surface area contributed by atoms with Crippen LogP contribution in [-0.2, 0) is 14.3 Å². The SMILES string of the molecule is CCCCN1C(=O)C(=Cc2ccc3c(c2)c2ccccc2n3-c2ccccc2)C(=O)N(CCCC)C1=Nc1ccccc1C(=O)OCC. The third-order valence-corrected chi connectivity index (χ3v) is 8.55. The minimum atomic E-state index is -0.504. The van der Waals surface area contributed by atoms with Gasteiger partial charge in [-0.3, -0.25) is 19.4 Å². The second kappa shape index (κ2) is 14.5. The van der Waals surface area contributed by atoms with Gasteiger partial charge in [0.25, 0.3) is 11.8 Å². The number of carbonyl (C=O) groups is 3. The first-order chi connectivity index (χ1) is 23.5. The fourth-order valence-corrected chi connectivity index (χ4v) is 6.15. The average Bonchev–Trinajstić information content (AvgIpc) is 3.44. The molecule has 1 fully saturated rings. The lowest BCUT2D eigenvalue weighted by molar-refractivity contribution is -0.134. The third-order valence-electron chi connectivity index (χ3n) is 8.55. The Morgan fingerprint density at radius 1 is 0.729 bits per heavy atom. The molecule has 2 amide bonds. The Labute approximate surface area is 280 Å². The summed E-state index contributed by atoms with van der Waals surface area (Å²) < 4.78 is 7.50. The van der Waals surface area contributed by atoms with Gasteiger partial charge in [-0.15, -0.1) is 0 Å². The van der Waals surface area contributed by atoms with Crippen LogP contribution >= 0.6 is 0 Å².